The SMILES string of the molecule is N#Cc1cc(F)ccc1NCC1CCCC(O)C1. The summed E-state index contributed by atoms with van der Waals surface area (Å²) in [5.74, 6) is 0.0236. The Kier molecular flexibility index (Phi) is 4.16. The van der Waals surface area contributed by atoms with Crippen LogP contribution >= 0.6 is 0 Å². The summed E-state index contributed by atoms with van der Waals surface area (Å²) in [7, 11) is 0. The first-order chi connectivity index (χ1) is 8.69. The van der Waals surface area contributed by atoms with Gasteiger partial charge in [0.1, 0.15) is 11.9 Å². The van der Waals surface area contributed by atoms with Gasteiger partial charge in [0.2, 0.25) is 0 Å². The van der Waals surface area contributed by atoms with Crippen molar-refractivity contribution < 1.29 is 9.50 Å². The van der Waals surface area contributed by atoms with Crippen molar-refractivity contribution in [3.63, 3.8) is 0 Å². The van der Waals surface area contributed by atoms with Crippen LogP contribution in [0.25, 0.3) is 0 Å². The van der Waals surface area contributed by atoms with Gasteiger partial charge in [0.05, 0.1) is 17.4 Å². The van der Waals surface area contributed by atoms with Crippen LogP contribution < -0.4 is 5.32 Å². The standard InChI is InChI=1S/C14H17FN2O/c15-12-4-5-14(11(7-12)8-16)17-9-10-2-1-3-13(18)6-10/h4-5,7,10,13,17-18H,1-3,6,9H2. The molecule has 1 saturated carbocycles. The number of hydrogen-bond acceptors (Lipinski definition) is 3. The van der Waals surface area contributed by atoms with Gasteiger partial charge in [-0.05, 0) is 43.4 Å². The van der Waals surface area contributed by atoms with Gasteiger partial charge in [-0.15, -0.1) is 0 Å². The van der Waals surface area contributed by atoms with E-state index >= 15 is 0 Å². The predicted octanol–water partition coefficient (Wildman–Crippen LogP) is 2.66. The number of benzene rings is 1. The average molecular weight is 248 g/mol. The molecule has 1 aliphatic rings. The van der Waals surface area contributed by atoms with Crippen molar-refractivity contribution in [1.82, 2.24) is 0 Å². The first kappa shape index (κ1) is 12.8. The van der Waals surface area contributed by atoms with Crippen LogP contribution in [0.3, 0.4) is 0 Å². The van der Waals surface area contributed by atoms with Crippen molar-refractivity contribution in [2.75, 3.05) is 11.9 Å². The van der Waals surface area contributed by atoms with Crippen molar-refractivity contribution in [1.29, 1.82) is 5.26 Å². The molecule has 0 heterocycles. The van der Waals surface area contributed by atoms with Gasteiger partial charge in [0, 0.05) is 6.54 Å². The minimum absolute atomic E-state index is 0.200. The molecule has 3 nitrogen and oxygen atoms in total. The first-order valence-corrected chi connectivity index (χ1v) is 6.30. The summed E-state index contributed by atoms with van der Waals surface area (Å²) in [6.45, 7) is 0.720. The Morgan fingerprint density at radius 3 is 3.00 bits per heavy atom. The second-order valence-corrected chi connectivity index (χ2v) is 4.87. The summed E-state index contributed by atoms with van der Waals surface area (Å²) in [5, 5.41) is 21.7. The third-order valence-electron chi connectivity index (χ3n) is 3.44. The molecule has 0 amide bonds. The Morgan fingerprint density at radius 2 is 2.28 bits per heavy atom. The molecule has 1 aliphatic carbocycles. The van der Waals surface area contributed by atoms with Gasteiger partial charge in [0.15, 0.2) is 0 Å². The molecule has 18 heavy (non-hydrogen) atoms. The van der Waals surface area contributed by atoms with E-state index in [0.29, 0.717) is 17.2 Å². The monoisotopic (exact) mass is 248 g/mol. The highest BCUT2D eigenvalue weighted by molar-refractivity contribution is 5.57. The molecule has 0 aliphatic heterocycles. The van der Waals surface area contributed by atoms with Crippen LogP contribution in [0.2, 0.25) is 0 Å². The lowest BCUT2D eigenvalue weighted by Crippen LogP contribution is -2.25. The zero-order chi connectivity index (χ0) is 13.0. The summed E-state index contributed by atoms with van der Waals surface area (Å²) in [4.78, 5) is 0. The number of nitrogens with zero attached hydrogens (tertiary/aromatic N) is 1. The number of rotatable bonds is 3. The number of nitriles is 1. The van der Waals surface area contributed by atoms with Gasteiger partial charge in [0.25, 0.3) is 0 Å². The second-order valence-electron chi connectivity index (χ2n) is 4.87. The van der Waals surface area contributed by atoms with E-state index in [-0.39, 0.29) is 6.10 Å². The van der Waals surface area contributed by atoms with Crippen LogP contribution in [0, 0.1) is 23.1 Å². The molecule has 0 bridgehead atoms. The number of aliphatic hydroxyl groups excluding tert-OH is 1. The van der Waals surface area contributed by atoms with E-state index in [0.717, 1.165) is 32.2 Å². The van der Waals surface area contributed by atoms with Crippen LogP contribution in [0.1, 0.15) is 31.2 Å². The topological polar surface area (TPSA) is 56.0 Å². The lowest BCUT2D eigenvalue weighted by Gasteiger charge is -2.26. The maximum absolute atomic E-state index is 13.0. The van der Waals surface area contributed by atoms with E-state index in [1.54, 1.807) is 6.07 Å². The van der Waals surface area contributed by atoms with E-state index in [4.69, 9.17) is 5.26 Å². The van der Waals surface area contributed by atoms with Gasteiger partial charge in [-0.1, -0.05) is 6.42 Å². The number of halogens is 1. The summed E-state index contributed by atoms with van der Waals surface area (Å²) in [6, 6.07) is 6.15. The van der Waals surface area contributed by atoms with Gasteiger partial charge in [-0.2, -0.15) is 5.26 Å². The number of nitrogens with one attached hydrogen (secondary N) is 1. The van der Waals surface area contributed by atoms with Gasteiger partial charge in [-0.3, -0.25) is 0 Å². The molecule has 0 aromatic heterocycles. The van der Waals surface area contributed by atoms with E-state index in [9.17, 15) is 9.50 Å². The second kappa shape index (κ2) is 5.83. The normalized spacial score (nSPS) is 23.4. The highest BCUT2D eigenvalue weighted by Gasteiger charge is 2.20. The third-order valence-corrected chi connectivity index (χ3v) is 3.44. The largest absolute Gasteiger partial charge is 0.393 e. The lowest BCUT2D eigenvalue weighted by molar-refractivity contribution is 0.105. The maximum atomic E-state index is 13.0. The van der Waals surface area contributed by atoms with E-state index in [2.05, 4.69) is 5.32 Å². The third kappa shape index (κ3) is 3.21. The molecule has 2 atom stereocenters. The molecule has 96 valence electrons. The smallest absolute Gasteiger partial charge is 0.124 e. The highest BCUT2D eigenvalue weighted by Crippen LogP contribution is 2.25. The van der Waals surface area contributed by atoms with Crippen molar-refractivity contribution in [3.8, 4) is 6.07 Å². The average Bonchev–Trinajstić information content (AvgIpc) is 2.37. The van der Waals surface area contributed by atoms with Crippen LogP contribution in [0.4, 0.5) is 10.1 Å². The van der Waals surface area contributed by atoms with Crippen molar-refractivity contribution in [3.05, 3.63) is 29.6 Å². The maximum Gasteiger partial charge on any atom is 0.124 e. The van der Waals surface area contributed by atoms with Crippen LogP contribution in [-0.2, 0) is 0 Å². The Labute approximate surface area is 106 Å². The summed E-state index contributed by atoms with van der Waals surface area (Å²) in [6.07, 6.45) is 3.62. The molecule has 0 spiro atoms. The number of aliphatic hydroxyl groups is 1. The lowest BCUT2D eigenvalue weighted by atomic mass is 9.87. The van der Waals surface area contributed by atoms with Gasteiger partial charge < -0.3 is 10.4 Å². The molecule has 0 radical (unpaired) electrons. The van der Waals surface area contributed by atoms with Crippen molar-refractivity contribution in [2.24, 2.45) is 5.92 Å². The molecule has 1 aromatic carbocycles. The first-order valence-electron chi connectivity index (χ1n) is 6.30. The summed E-state index contributed by atoms with van der Waals surface area (Å²) in [5.41, 5.74) is 0.991. The predicted molar refractivity (Wildman–Crippen MR) is 67.6 cm³/mol. The Hall–Kier alpha value is -1.60. The van der Waals surface area contributed by atoms with E-state index in [1.165, 1.54) is 12.1 Å². The van der Waals surface area contributed by atoms with Gasteiger partial charge in [-0.25, -0.2) is 4.39 Å². The quantitative estimate of drug-likeness (QED) is 0.864. The number of anilines is 1. The van der Waals surface area contributed by atoms with Crippen LogP contribution in [0.15, 0.2) is 18.2 Å². The molecule has 1 fully saturated rings. The fourth-order valence-corrected chi connectivity index (χ4v) is 2.47. The zero-order valence-electron chi connectivity index (χ0n) is 10.2. The highest BCUT2D eigenvalue weighted by atomic mass is 19.1. The van der Waals surface area contributed by atoms with Gasteiger partial charge >= 0.3 is 0 Å². The minimum Gasteiger partial charge on any atom is -0.393 e. The fraction of sp³-hybridized carbons (Fsp3) is 0.500. The Bertz CT molecular complexity index is 456. The molecule has 0 saturated heterocycles. The Balaban J connectivity index is 1.96. The van der Waals surface area contributed by atoms with Crippen molar-refractivity contribution in [2.45, 2.75) is 31.8 Å². The zero-order valence-corrected chi connectivity index (χ0v) is 10.2. The molecule has 2 rings (SSSR count). The van der Waals surface area contributed by atoms with Crippen molar-refractivity contribution >= 4 is 5.69 Å². The molecule has 1 aromatic rings. The Morgan fingerprint density at radius 1 is 1.44 bits per heavy atom. The molecular weight excluding hydrogens is 231 g/mol. The number of hydrogen-bond donors (Lipinski definition) is 2. The van der Waals surface area contributed by atoms with Crippen LogP contribution in [0.5, 0.6) is 0 Å². The van der Waals surface area contributed by atoms with Crippen LogP contribution in [-0.4, -0.2) is 17.8 Å². The fourth-order valence-electron chi connectivity index (χ4n) is 2.47. The molecule has 2 N–H and O–H groups in total. The molecular formula is C14H17FN2O. The van der Waals surface area contributed by atoms with E-state index in [1.807, 2.05) is 6.07 Å². The molecule has 2 unspecified atom stereocenters. The minimum atomic E-state index is -0.398. The summed E-state index contributed by atoms with van der Waals surface area (Å²) < 4.78 is 13.0. The summed E-state index contributed by atoms with van der Waals surface area (Å²) >= 11 is 0. The van der Waals surface area contributed by atoms with E-state index < -0.39 is 5.82 Å². The molecule has 4 heteroatoms.